The van der Waals surface area contributed by atoms with Crippen molar-refractivity contribution in [1.29, 1.82) is 0 Å². The van der Waals surface area contributed by atoms with Crippen molar-refractivity contribution in [3.05, 3.63) is 24.3 Å². The molecule has 1 fully saturated rings. The van der Waals surface area contributed by atoms with Gasteiger partial charge in [-0.3, -0.25) is 9.69 Å². The highest BCUT2D eigenvalue weighted by molar-refractivity contribution is 5.97. The fourth-order valence-corrected chi connectivity index (χ4v) is 3.30. The molecule has 1 saturated heterocycles. The lowest BCUT2D eigenvalue weighted by Gasteiger charge is -2.28. The number of carbonyl (C=O) groups excluding carboxylic acids is 1. The number of benzene rings is 1. The highest BCUT2D eigenvalue weighted by atomic mass is 16.5. The summed E-state index contributed by atoms with van der Waals surface area (Å²) < 4.78 is 17.0. The van der Waals surface area contributed by atoms with Crippen molar-refractivity contribution >= 4 is 11.6 Å². The first kappa shape index (κ1) is 22.7. The number of nitrogens with one attached hydrogen (secondary N) is 1. The molecule has 1 aliphatic heterocycles. The molecule has 6 nitrogen and oxygen atoms in total. The molecule has 0 radical (unpaired) electrons. The van der Waals surface area contributed by atoms with Crippen LogP contribution in [0.4, 0.5) is 5.69 Å². The molecule has 1 aromatic carbocycles. The number of nitrogens with zero attached hydrogens (tertiary/aromatic N) is 1. The Balaban J connectivity index is 1.81. The molecule has 0 spiro atoms. The minimum atomic E-state index is -0.794. The Labute approximate surface area is 169 Å². The SMILES string of the molecule is CCCCC[C@@](C)(OCC)C(=O)Nc1ccc(OCCN2CCOCC2)cc1. The number of ether oxygens (including phenoxy) is 3. The number of amides is 1. The predicted octanol–water partition coefficient (Wildman–Crippen LogP) is 3.71. The van der Waals surface area contributed by atoms with Gasteiger partial charge < -0.3 is 19.5 Å². The molecular formula is C22H36N2O4. The van der Waals surface area contributed by atoms with Gasteiger partial charge in [-0.05, 0) is 44.5 Å². The van der Waals surface area contributed by atoms with Gasteiger partial charge in [0.15, 0.2) is 0 Å². The Bertz CT molecular complexity index is 572. The monoisotopic (exact) mass is 392 g/mol. The number of unbranched alkanes of at least 4 members (excludes halogenated alkanes) is 2. The molecule has 1 heterocycles. The van der Waals surface area contributed by atoms with Crippen LogP contribution >= 0.6 is 0 Å². The number of anilines is 1. The zero-order valence-corrected chi connectivity index (χ0v) is 17.7. The third kappa shape index (κ3) is 7.41. The van der Waals surface area contributed by atoms with Crippen LogP contribution in [-0.4, -0.2) is 62.5 Å². The molecule has 0 saturated carbocycles. The fourth-order valence-electron chi connectivity index (χ4n) is 3.30. The Kier molecular flexibility index (Phi) is 9.75. The van der Waals surface area contributed by atoms with E-state index in [4.69, 9.17) is 14.2 Å². The minimum Gasteiger partial charge on any atom is -0.492 e. The zero-order chi connectivity index (χ0) is 20.2. The summed E-state index contributed by atoms with van der Waals surface area (Å²) in [6.45, 7) is 11.5. The first-order valence-electron chi connectivity index (χ1n) is 10.6. The molecule has 6 heteroatoms. The van der Waals surface area contributed by atoms with Crippen LogP contribution in [0.2, 0.25) is 0 Å². The molecule has 0 aliphatic carbocycles. The number of rotatable bonds is 12. The van der Waals surface area contributed by atoms with Crippen LogP contribution in [0.15, 0.2) is 24.3 Å². The smallest absolute Gasteiger partial charge is 0.256 e. The second-order valence-electron chi connectivity index (χ2n) is 7.40. The van der Waals surface area contributed by atoms with E-state index in [-0.39, 0.29) is 5.91 Å². The third-order valence-corrected chi connectivity index (χ3v) is 5.09. The van der Waals surface area contributed by atoms with E-state index in [0.717, 1.165) is 70.0 Å². The maximum atomic E-state index is 12.8. The fraction of sp³-hybridized carbons (Fsp3) is 0.682. The van der Waals surface area contributed by atoms with E-state index in [0.29, 0.717) is 13.2 Å². The van der Waals surface area contributed by atoms with Crippen LogP contribution in [0.5, 0.6) is 5.75 Å². The van der Waals surface area contributed by atoms with E-state index < -0.39 is 5.60 Å². The number of morpholine rings is 1. The Morgan fingerprint density at radius 2 is 1.89 bits per heavy atom. The topological polar surface area (TPSA) is 60.0 Å². The zero-order valence-electron chi connectivity index (χ0n) is 17.7. The van der Waals surface area contributed by atoms with Gasteiger partial charge in [0, 0.05) is 31.9 Å². The predicted molar refractivity (Wildman–Crippen MR) is 112 cm³/mol. The average molecular weight is 393 g/mol. The maximum Gasteiger partial charge on any atom is 0.256 e. The van der Waals surface area contributed by atoms with Gasteiger partial charge in [0.25, 0.3) is 5.91 Å². The van der Waals surface area contributed by atoms with Gasteiger partial charge in [-0.2, -0.15) is 0 Å². The van der Waals surface area contributed by atoms with Crippen molar-refractivity contribution in [2.75, 3.05) is 51.4 Å². The second kappa shape index (κ2) is 12.0. The minimum absolute atomic E-state index is 0.0913. The quantitative estimate of drug-likeness (QED) is 0.550. The van der Waals surface area contributed by atoms with Crippen molar-refractivity contribution < 1.29 is 19.0 Å². The number of carbonyl (C=O) groups is 1. The van der Waals surface area contributed by atoms with E-state index in [1.54, 1.807) is 0 Å². The van der Waals surface area contributed by atoms with Crippen LogP contribution in [0.1, 0.15) is 46.5 Å². The van der Waals surface area contributed by atoms with E-state index in [1.807, 2.05) is 38.1 Å². The number of hydrogen-bond donors (Lipinski definition) is 1. The van der Waals surface area contributed by atoms with Crippen LogP contribution in [0.3, 0.4) is 0 Å². The molecule has 1 aliphatic rings. The van der Waals surface area contributed by atoms with E-state index >= 15 is 0 Å². The molecule has 0 aromatic heterocycles. The van der Waals surface area contributed by atoms with Gasteiger partial charge in [0.2, 0.25) is 0 Å². The maximum absolute atomic E-state index is 12.8. The highest BCUT2D eigenvalue weighted by Gasteiger charge is 2.33. The summed E-state index contributed by atoms with van der Waals surface area (Å²) in [6.07, 6.45) is 3.93. The van der Waals surface area contributed by atoms with E-state index in [2.05, 4.69) is 17.1 Å². The first-order chi connectivity index (χ1) is 13.6. The molecule has 28 heavy (non-hydrogen) atoms. The summed E-state index contributed by atoms with van der Waals surface area (Å²) in [5, 5.41) is 2.99. The van der Waals surface area contributed by atoms with Gasteiger partial charge in [0.05, 0.1) is 13.2 Å². The number of hydrogen-bond acceptors (Lipinski definition) is 5. The molecule has 0 bridgehead atoms. The normalized spacial score (nSPS) is 17.1. The molecule has 1 amide bonds. The van der Waals surface area contributed by atoms with Crippen LogP contribution in [-0.2, 0) is 14.3 Å². The van der Waals surface area contributed by atoms with Crippen LogP contribution in [0.25, 0.3) is 0 Å². The second-order valence-corrected chi connectivity index (χ2v) is 7.40. The Hall–Kier alpha value is -1.63. The third-order valence-electron chi connectivity index (χ3n) is 5.09. The van der Waals surface area contributed by atoms with Gasteiger partial charge in [-0.25, -0.2) is 0 Å². The molecule has 0 unspecified atom stereocenters. The van der Waals surface area contributed by atoms with Crippen molar-refractivity contribution in [2.24, 2.45) is 0 Å². The lowest BCUT2D eigenvalue weighted by atomic mass is 9.96. The van der Waals surface area contributed by atoms with E-state index in [9.17, 15) is 4.79 Å². The van der Waals surface area contributed by atoms with Crippen molar-refractivity contribution in [1.82, 2.24) is 4.90 Å². The standard InChI is InChI=1S/C22H36N2O4/c1-4-6-7-12-22(3,28-5-2)21(25)23-19-8-10-20(11-9-19)27-18-15-24-13-16-26-17-14-24/h8-11H,4-7,12-18H2,1-3H3,(H,23,25)/t22-/m1/s1. The summed E-state index contributed by atoms with van der Waals surface area (Å²) in [6, 6.07) is 7.54. The summed E-state index contributed by atoms with van der Waals surface area (Å²) in [5.41, 5.74) is -0.0380. The largest absolute Gasteiger partial charge is 0.492 e. The summed E-state index contributed by atoms with van der Waals surface area (Å²) in [5.74, 6) is 0.716. The molecular weight excluding hydrogens is 356 g/mol. The van der Waals surface area contributed by atoms with Crippen LogP contribution in [0, 0.1) is 0 Å². The molecule has 158 valence electrons. The summed E-state index contributed by atoms with van der Waals surface area (Å²) >= 11 is 0. The highest BCUT2D eigenvalue weighted by Crippen LogP contribution is 2.23. The molecule has 2 rings (SSSR count). The van der Waals surface area contributed by atoms with Crippen molar-refractivity contribution in [3.63, 3.8) is 0 Å². The summed E-state index contributed by atoms with van der Waals surface area (Å²) in [4.78, 5) is 15.1. The Morgan fingerprint density at radius 1 is 1.18 bits per heavy atom. The first-order valence-corrected chi connectivity index (χ1v) is 10.6. The van der Waals surface area contributed by atoms with Gasteiger partial charge in [-0.1, -0.05) is 26.2 Å². The van der Waals surface area contributed by atoms with Crippen molar-refractivity contribution in [3.8, 4) is 5.75 Å². The van der Waals surface area contributed by atoms with E-state index in [1.165, 1.54) is 0 Å². The van der Waals surface area contributed by atoms with Gasteiger partial charge in [0.1, 0.15) is 18.0 Å². The molecule has 1 atom stereocenters. The molecule has 1 aromatic rings. The van der Waals surface area contributed by atoms with Gasteiger partial charge >= 0.3 is 0 Å². The van der Waals surface area contributed by atoms with Crippen LogP contribution < -0.4 is 10.1 Å². The molecule has 1 N–H and O–H groups in total. The van der Waals surface area contributed by atoms with Gasteiger partial charge in [-0.15, -0.1) is 0 Å². The lowest BCUT2D eigenvalue weighted by molar-refractivity contribution is -0.139. The lowest BCUT2D eigenvalue weighted by Crippen LogP contribution is -2.42. The van der Waals surface area contributed by atoms with Crippen molar-refractivity contribution in [2.45, 2.75) is 52.1 Å². The Morgan fingerprint density at radius 3 is 2.54 bits per heavy atom. The summed E-state index contributed by atoms with van der Waals surface area (Å²) in [7, 11) is 0. The average Bonchev–Trinajstić information content (AvgIpc) is 2.70.